The van der Waals surface area contributed by atoms with Gasteiger partial charge >= 0.3 is 0 Å². The van der Waals surface area contributed by atoms with E-state index in [2.05, 4.69) is 35.6 Å². The molecule has 0 fully saturated rings. The maximum Gasteiger partial charge on any atom is 0.0948 e. The lowest BCUT2D eigenvalue weighted by Gasteiger charge is -2.14. The molecule has 0 aromatic carbocycles. The third kappa shape index (κ3) is 5.35. The molecule has 1 atom stereocenters. The monoisotopic (exact) mass is 237 g/mol. The maximum absolute atomic E-state index is 4.22. The first-order valence-corrected chi connectivity index (χ1v) is 7.00. The Bertz CT molecular complexity index is 293. The Morgan fingerprint density at radius 3 is 2.82 bits per heavy atom. The highest BCUT2D eigenvalue weighted by molar-refractivity contribution is 4.98. The van der Waals surface area contributed by atoms with E-state index in [9.17, 15) is 0 Å². The van der Waals surface area contributed by atoms with Gasteiger partial charge in [0.1, 0.15) is 0 Å². The number of hydrogen-bond donors (Lipinski definition) is 1. The largest absolute Gasteiger partial charge is 0.333 e. The third-order valence-corrected chi connectivity index (χ3v) is 3.14. The molecule has 1 aromatic rings. The Morgan fingerprint density at radius 2 is 2.12 bits per heavy atom. The van der Waals surface area contributed by atoms with Crippen LogP contribution >= 0.6 is 0 Å². The molecule has 17 heavy (non-hydrogen) atoms. The van der Waals surface area contributed by atoms with E-state index in [0.717, 1.165) is 19.5 Å². The molecule has 0 aliphatic rings. The quantitative estimate of drug-likeness (QED) is 0.667. The van der Waals surface area contributed by atoms with Gasteiger partial charge in [-0.1, -0.05) is 33.1 Å². The number of unbranched alkanes of at least 4 members (excludes halogenated alkanes) is 2. The van der Waals surface area contributed by atoms with Crippen molar-refractivity contribution < 1.29 is 0 Å². The van der Waals surface area contributed by atoms with Gasteiger partial charge in [-0.05, 0) is 19.8 Å². The van der Waals surface area contributed by atoms with Crippen molar-refractivity contribution in [2.45, 2.75) is 72.0 Å². The summed E-state index contributed by atoms with van der Waals surface area (Å²) in [5.41, 5.74) is 1.30. The number of aryl methyl sites for hydroxylation is 1. The van der Waals surface area contributed by atoms with Crippen molar-refractivity contribution in [2.75, 3.05) is 0 Å². The lowest BCUT2D eigenvalue weighted by atomic mass is 10.1. The molecule has 0 radical (unpaired) electrons. The number of rotatable bonds is 9. The smallest absolute Gasteiger partial charge is 0.0948 e. The topological polar surface area (TPSA) is 29.9 Å². The van der Waals surface area contributed by atoms with Crippen molar-refractivity contribution in [1.29, 1.82) is 0 Å². The fourth-order valence-corrected chi connectivity index (χ4v) is 2.02. The third-order valence-electron chi connectivity index (χ3n) is 3.14. The molecule has 0 aliphatic heterocycles. The Kier molecular flexibility index (Phi) is 6.94. The molecule has 0 saturated carbocycles. The summed E-state index contributed by atoms with van der Waals surface area (Å²) in [4.78, 5) is 4.22. The highest BCUT2D eigenvalue weighted by atomic mass is 15.1. The van der Waals surface area contributed by atoms with Gasteiger partial charge in [-0.3, -0.25) is 0 Å². The molecule has 0 amide bonds. The van der Waals surface area contributed by atoms with E-state index in [0.29, 0.717) is 6.04 Å². The van der Waals surface area contributed by atoms with Gasteiger partial charge in [-0.2, -0.15) is 0 Å². The van der Waals surface area contributed by atoms with E-state index in [-0.39, 0.29) is 0 Å². The van der Waals surface area contributed by atoms with Crippen LogP contribution in [0.2, 0.25) is 0 Å². The molecule has 1 aromatic heterocycles. The lowest BCUT2D eigenvalue weighted by Crippen LogP contribution is -2.26. The zero-order valence-electron chi connectivity index (χ0n) is 11.6. The standard InChI is InChI=1S/C14H27N3/c1-4-6-7-8-13(3)16-11-14-10-15-12-17(14)9-5-2/h10,12-13,16H,4-9,11H2,1-3H3. The second-order valence-corrected chi connectivity index (χ2v) is 4.86. The summed E-state index contributed by atoms with van der Waals surface area (Å²) in [5.74, 6) is 0. The molecule has 98 valence electrons. The second-order valence-electron chi connectivity index (χ2n) is 4.86. The number of nitrogens with one attached hydrogen (secondary N) is 1. The number of hydrogen-bond acceptors (Lipinski definition) is 2. The van der Waals surface area contributed by atoms with Crippen molar-refractivity contribution in [2.24, 2.45) is 0 Å². The van der Waals surface area contributed by atoms with E-state index in [1.165, 1.54) is 31.4 Å². The van der Waals surface area contributed by atoms with Gasteiger partial charge in [-0.25, -0.2) is 4.98 Å². The average molecular weight is 237 g/mol. The normalized spacial score (nSPS) is 12.9. The van der Waals surface area contributed by atoms with Crippen LogP contribution in [0.5, 0.6) is 0 Å². The maximum atomic E-state index is 4.22. The number of nitrogens with zero attached hydrogens (tertiary/aromatic N) is 2. The Balaban J connectivity index is 2.26. The zero-order valence-corrected chi connectivity index (χ0v) is 11.6. The minimum atomic E-state index is 0.603. The van der Waals surface area contributed by atoms with Gasteiger partial charge in [-0.15, -0.1) is 0 Å². The molecular weight excluding hydrogens is 210 g/mol. The van der Waals surface area contributed by atoms with E-state index in [1.807, 2.05) is 12.5 Å². The van der Waals surface area contributed by atoms with Crippen molar-refractivity contribution in [3.05, 3.63) is 18.2 Å². The van der Waals surface area contributed by atoms with Crippen LogP contribution in [0.4, 0.5) is 0 Å². The fraction of sp³-hybridized carbons (Fsp3) is 0.786. The summed E-state index contributed by atoms with van der Waals surface area (Å²) in [5, 5.41) is 3.58. The van der Waals surface area contributed by atoms with Crippen molar-refractivity contribution in [1.82, 2.24) is 14.9 Å². The molecule has 0 saturated heterocycles. The molecule has 1 unspecified atom stereocenters. The minimum absolute atomic E-state index is 0.603. The van der Waals surface area contributed by atoms with Gasteiger partial charge in [0, 0.05) is 25.3 Å². The summed E-state index contributed by atoms with van der Waals surface area (Å²) in [6.07, 6.45) is 10.3. The molecule has 0 aliphatic carbocycles. The van der Waals surface area contributed by atoms with Crippen LogP contribution in [0.25, 0.3) is 0 Å². The molecule has 0 bridgehead atoms. The molecular formula is C14H27N3. The van der Waals surface area contributed by atoms with Crippen LogP contribution in [-0.2, 0) is 13.1 Å². The van der Waals surface area contributed by atoms with Crippen molar-refractivity contribution in [3.8, 4) is 0 Å². The van der Waals surface area contributed by atoms with E-state index < -0.39 is 0 Å². The van der Waals surface area contributed by atoms with Gasteiger partial charge in [0.15, 0.2) is 0 Å². The van der Waals surface area contributed by atoms with Crippen LogP contribution < -0.4 is 5.32 Å². The van der Waals surface area contributed by atoms with Gasteiger partial charge in [0.05, 0.1) is 12.0 Å². The number of aromatic nitrogens is 2. The van der Waals surface area contributed by atoms with Gasteiger partial charge < -0.3 is 9.88 Å². The molecule has 1 heterocycles. The Morgan fingerprint density at radius 1 is 1.29 bits per heavy atom. The summed E-state index contributed by atoms with van der Waals surface area (Å²) in [6, 6.07) is 0.603. The van der Waals surface area contributed by atoms with Crippen LogP contribution in [-0.4, -0.2) is 15.6 Å². The summed E-state index contributed by atoms with van der Waals surface area (Å²) in [6.45, 7) is 8.73. The van der Waals surface area contributed by atoms with E-state index in [1.54, 1.807) is 0 Å². The van der Waals surface area contributed by atoms with Crippen LogP contribution in [0.15, 0.2) is 12.5 Å². The SMILES string of the molecule is CCCCCC(C)NCc1cncn1CCC. The van der Waals surface area contributed by atoms with E-state index >= 15 is 0 Å². The fourth-order valence-electron chi connectivity index (χ4n) is 2.02. The first kappa shape index (κ1) is 14.2. The first-order valence-electron chi connectivity index (χ1n) is 7.00. The molecule has 0 spiro atoms. The second kappa shape index (κ2) is 8.29. The predicted octanol–water partition coefficient (Wildman–Crippen LogP) is 3.35. The minimum Gasteiger partial charge on any atom is -0.333 e. The van der Waals surface area contributed by atoms with Crippen molar-refractivity contribution in [3.63, 3.8) is 0 Å². The summed E-state index contributed by atoms with van der Waals surface area (Å²) >= 11 is 0. The predicted molar refractivity (Wildman–Crippen MR) is 73.0 cm³/mol. The lowest BCUT2D eigenvalue weighted by molar-refractivity contribution is 0.475. The zero-order chi connectivity index (χ0) is 12.5. The highest BCUT2D eigenvalue weighted by Gasteiger charge is 2.04. The Hall–Kier alpha value is -0.830. The van der Waals surface area contributed by atoms with Gasteiger partial charge in [0.2, 0.25) is 0 Å². The molecule has 1 rings (SSSR count). The molecule has 3 nitrogen and oxygen atoms in total. The first-order chi connectivity index (χ1) is 8.27. The molecule has 1 N–H and O–H groups in total. The summed E-state index contributed by atoms with van der Waals surface area (Å²) < 4.78 is 2.24. The van der Waals surface area contributed by atoms with Crippen LogP contribution in [0.1, 0.15) is 58.6 Å². The van der Waals surface area contributed by atoms with Crippen LogP contribution in [0, 0.1) is 0 Å². The van der Waals surface area contributed by atoms with Gasteiger partial charge in [0.25, 0.3) is 0 Å². The molecule has 3 heteroatoms. The van der Waals surface area contributed by atoms with Crippen molar-refractivity contribution >= 4 is 0 Å². The van der Waals surface area contributed by atoms with E-state index in [4.69, 9.17) is 0 Å². The highest BCUT2D eigenvalue weighted by Crippen LogP contribution is 2.05. The van der Waals surface area contributed by atoms with Crippen LogP contribution in [0.3, 0.4) is 0 Å². The average Bonchev–Trinajstić information content (AvgIpc) is 2.75. The Labute approximate surface area is 106 Å². The summed E-state index contributed by atoms with van der Waals surface area (Å²) in [7, 11) is 0. The number of imidazole rings is 1.